The maximum Gasteiger partial charge on any atom is 0.330 e. The van der Waals surface area contributed by atoms with E-state index in [0.29, 0.717) is 23.3 Å². The average Bonchev–Trinajstić information content (AvgIpc) is 3.25. The average molecular weight is 354 g/mol. The topological polar surface area (TPSA) is 119 Å². The Kier molecular flexibility index (Phi) is 6.38. The van der Waals surface area contributed by atoms with Crippen LogP contribution >= 0.6 is 11.8 Å². The molecule has 0 aromatic carbocycles. The Morgan fingerprint density at radius 1 is 1.50 bits per heavy atom. The maximum absolute atomic E-state index is 11.9. The largest absolute Gasteiger partial charge is 0.467 e. The normalized spacial score (nSPS) is 12.0. The Balaban J connectivity index is 1.99. The first-order valence-corrected chi connectivity index (χ1v) is 8.17. The molecule has 0 aliphatic rings. The molecule has 1 atom stereocenters. The van der Waals surface area contributed by atoms with Crippen LogP contribution in [0.1, 0.15) is 6.92 Å². The summed E-state index contributed by atoms with van der Waals surface area (Å²) in [6.07, 6.45) is 1.55. The molecule has 0 aliphatic carbocycles. The van der Waals surface area contributed by atoms with Gasteiger partial charge in [-0.3, -0.25) is 9.36 Å². The van der Waals surface area contributed by atoms with Gasteiger partial charge in [-0.25, -0.2) is 4.79 Å². The van der Waals surface area contributed by atoms with Crippen molar-refractivity contribution in [1.82, 2.24) is 20.1 Å². The number of carbonyl (C=O) groups is 2. The predicted octanol–water partition coefficient (Wildman–Crippen LogP) is 0.300. The van der Waals surface area contributed by atoms with Gasteiger partial charge >= 0.3 is 5.97 Å². The predicted molar refractivity (Wildman–Crippen MR) is 85.2 cm³/mol. The molecular formula is C14H18N4O5S. The Bertz CT molecular complexity index is 685. The van der Waals surface area contributed by atoms with Crippen LogP contribution in [0.3, 0.4) is 0 Å². The van der Waals surface area contributed by atoms with Crippen molar-refractivity contribution in [2.24, 2.45) is 0 Å². The van der Waals surface area contributed by atoms with E-state index in [1.165, 1.54) is 18.9 Å². The number of methoxy groups -OCH3 is 1. The number of esters is 1. The quantitative estimate of drug-likeness (QED) is 0.513. The third-order valence-electron chi connectivity index (χ3n) is 3.11. The fourth-order valence-electron chi connectivity index (χ4n) is 1.96. The second-order valence-corrected chi connectivity index (χ2v) is 5.58. The van der Waals surface area contributed by atoms with Crippen molar-refractivity contribution in [2.75, 3.05) is 19.5 Å². The summed E-state index contributed by atoms with van der Waals surface area (Å²) in [5, 5.41) is 20.2. The van der Waals surface area contributed by atoms with Crippen molar-refractivity contribution in [3.63, 3.8) is 0 Å². The van der Waals surface area contributed by atoms with Crippen LogP contribution in [-0.2, 0) is 20.9 Å². The number of aromatic nitrogens is 3. The molecule has 0 fully saturated rings. The second kappa shape index (κ2) is 8.50. The highest BCUT2D eigenvalue weighted by Crippen LogP contribution is 2.24. The lowest BCUT2D eigenvalue weighted by molar-refractivity contribution is -0.145. The first-order chi connectivity index (χ1) is 11.6. The minimum Gasteiger partial charge on any atom is -0.467 e. The van der Waals surface area contributed by atoms with E-state index < -0.39 is 24.5 Å². The smallest absolute Gasteiger partial charge is 0.330 e. The number of ether oxygens (including phenoxy) is 1. The first-order valence-electron chi connectivity index (χ1n) is 7.18. The Morgan fingerprint density at radius 3 is 2.88 bits per heavy atom. The lowest BCUT2D eigenvalue weighted by atomic mass is 10.3. The lowest BCUT2D eigenvalue weighted by Crippen LogP contribution is -2.44. The molecule has 24 heavy (non-hydrogen) atoms. The third-order valence-corrected chi connectivity index (χ3v) is 4.08. The van der Waals surface area contributed by atoms with Gasteiger partial charge in [-0.2, -0.15) is 0 Å². The fourth-order valence-corrected chi connectivity index (χ4v) is 2.77. The Labute approximate surface area is 142 Å². The molecule has 0 aliphatic heterocycles. The summed E-state index contributed by atoms with van der Waals surface area (Å²) in [5.74, 6) is 0.0614. The molecule has 0 spiro atoms. The maximum atomic E-state index is 11.9. The zero-order chi connectivity index (χ0) is 17.5. The number of nitrogens with one attached hydrogen (secondary N) is 1. The summed E-state index contributed by atoms with van der Waals surface area (Å²) in [4.78, 5) is 23.3. The van der Waals surface area contributed by atoms with Crippen LogP contribution in [0.2, 0.25) is 0 Å². The number of hydrogen-bond donors (Lipinski definition) is 2. The number of amides is 1. The van der Waals surface area contributed by atoms with Gasteiger partial charge in [0.2, 0.25) is 5.91 Å². The summed E-state index contributed by atoms with van der Waals surface area (Å²) in [7, 11) is 1.19. The number of hydrogen-bond acceptors (Lipinski definition) is 8. The number of rotatable bonds is 8. The number of thioether (sulfide) groups is 1. The SMILES string of the molecule is CCn1c(SCC(=O)N[C@H](CO)C(=O)OC)nnc1-c1ccco1. The van der Waals surface area contributed by atoms with Crippen molar-refractivity contribution in [3.8, 4) is 11.6 Å². The van der Waals surface area contributed by atoms with E-state index in [2.05, 4.69) is 20.3 Å². The molecule has 2 rings (SSSR count). The highest BCUT2D eigenvalue weighted by molar-refractivity contribution is 7.99. The van der Waals surface area contributed by atoms with Gasteiger partial charge in [0.25, 0.3) is 0 Å². The van der Waals surface area contributed by atoms with E-state index in [1.54, 1.807) is 18.4 Å². The summed E-state index contributed by atoms with van der Waals surface area (Å²) in [5.41, 5.74) is 0. The molecule has 0 saturated carbocycles. The van der Waals surface area contributed by atoms with Gasteiger partial charge in [-0.15, -0.1) is 10.2 Å². The summed E-state index contributed by atoms with van der Waals surface area (Å²) < 4.78 is 11.6. The van der Waals surface area contributed by atoms with Gasteiger partial charge in [-0.05, 0) is 19.1 Å². The van der Waals surface area contributed by atoms with Crippen molar-refractivity contribution in [1.29, 1.82) is 0 Å². The van der Waals surface area contributed by atoms with Crippen LogP contribution in [-0.4, -0.2) is 57.3 Å². The van der Waals surface area contributed by atoms with Crippen LogP contribution < -0.4 is 5.32 Å². The third kappa shape index (κ3) is 4.15. The highest BCUT2D eigenvalue weighted by Gasteiger charge is 2.21. The van der Waals surface area contributed by atoms with Crippen LogP contribution in [0.25, 0.3) is 11.6 Å². The van der Waals surface area contributed by atoms with Crippen molar-refractivity contribution < 1.29 is 23.8 Å². The van der Waals surface area contributed by atoms with Crippen LogP contribution in [0.4, 0.5) is 0 Å². The standard InChI is InChI=1S/C14H18N4O5S/c1-3-18-12(10-5-4-6-23-10)16-17-14(18)24-8-11(20)15-9(7-19)13(21)22-2/h4-6,9,19H,3,7-8H2,1-2H3,(H,15,20)/t9-/m1/s1. The zero-order valence-corrected chi connectivity index (χ0v) is 14.1. The highest BCUT2D eigenvalue weighted by atomic mass is 32.2. The molecule has 130 valence electrons. The summed E-state index contributed by atoms with van der Waals surface area (Å²) in [6.45, 7) is 2.00. The minimum absolute atomic E-state index is 0.0176. The van der Waals surface area contributed by atoms with E-state index in [1.807, 2.05) is 11.5 Å². The number of carbonyl (C=O) groups excluding carboxylic acids is 2. The van der Waals surface area contributed by atoms with Crippen LogP contribution in [0.5, 0.6) is 0 Å². The zero-order valence-electron chi connectivity index (χ0n) is 13.3. The number of aliphatic hydroxyl groups excluding tert-OH is 1. The molecular weight excluding hydrogens is 336 g/mol. The molecule has 2 heterocycles. The minimum atomic E-state index is -1.08. The molecule has 10 heteroatoms. The van der Waals surface area contributed by atoms with E-state index in [0.717, 1.165) is 0 Å². The molecule has 2 aromatic rings. The van der Waals surface area contributed by atoms with Crippen molar-refractivity contribution in [3.05, 3.63) is 18.4 Å². The van der Waals surface area contributed by atoms with Gasteiger partial charge in [0.15, 0.2) is 22.8 Å². The molecule has 0 radical (unpaired) electrons. The van der Waals surface area contributed by atoms with E-state index >= 15 is 0 Å². The fraction of sp³-hybridized carbons (Fsp3) is 0.429. The molecule has 2 N–H and O–H groups in total. The van der Waals surface area contributed by atoms with E-state index in [9.17, 15) is 9.59 Å². The van der Waals surface area contributed by atoms with Crippen LogP contribution in [0.15, 0.2) is 28.0 Å². The Morgan fingerprint density at radius 2 is 2.29 bits per heavy atom. The van der Waals surface area contributed by atoms with Crippen molar-refractivity contribution >= 4 is 23.6 Å². The monoisotopic (exact) mass is 354 g/mol. The number of furan rings is 1. The van der Waals surface area contributed by atoms with Gasteiger partial charge in [0, 0.05) is 6.54 Å². The van der Waals surface area contributed by atoms with Gasteiger partial charge in [0.1, 0.15) is 0 Å². The molecule has 9 nitrogen and oxygen atoms in total. The first kappa shape index (κ1) is 18.0. The van der Waals surface area contributed by atoms with Gasteiger partial charge < -0.3 is 19.6 Å². The molecule has 2 aromatic heterocycles. The van der Waals surface area contributed by atoms with E-state index in [-0.39, 0.29) is 5.75 Å². The van der Waals surface area contributed by atoms with Crippen LogP contribution in [0, 0.1) is 0 Å². The molecule has 0 bridgehead atoms. The molecule has 1 amide bonds. The Hall–Kier alpha value is -2.33. The van der Waals surface area contributed by atoms with Crippen molar-refractivity contribution in [2.45, 2.75) is 24.7 Å². The number of nitrogens with zero attached hydrogens (tertiary/aromatic N) is 3. The number of aliphatic hydroxyl groups is 1. The van der Waals surface area contributed by atoms with Gasteiger partial charge in [0.05, 0.1) is 25.7 Å². The molecule has 0 unspecified atom stereocenters. The lowest BCUT2D eigenvalue weighted by Gasteiger charge is -2.13. The molecule has 0 saturated heterocycles. The van der Waals surface area contributed by atoms with E-state index in [4.69, 9.17) is 9.52 Å². The van der Waals surface area contributed by atoms with Gasteiger partial charge in [-0.1, -0.05) is 11.8 Å². The summed E-state index contributed by atoms with van der Waals surface area (Å²) >= 11 is 1.17. The second-order valence-electron chi connectivity index (χ2n) is 4.64. The summed E-state index contributed by atoms with van der Waals surface area (Å²) in [6, 6.07) is 2.46.